The van der Waals surface area contributed by atoms with Gasteiger partial charge >= 0.3 is 11.9 Å². The van der Waals surface area contributed by atoms with Crippen LogP contribution in [0.25, 0.3) is 0 Å². The molecule has 0 saturated heterocycles. The lowest BCUT2D eigenvalue weighted by molar-refractivity contribution is -0.138. The standard InChI is InChI=1S/C13H18NO4/c1-5-17-12(15)10-7-11(13(16)18-6-2)9(4)14-8(10)3/h7,14H,5-6H2,1-4H3. The fraction of sp³-hybridized carbons (Fsp3) is 0.462. The van der Waals surface area contributed by atoms with E-state index in [2.05, 4.69) is 5.32 Å². The Kier molecular flexibility index (Phi) is 4.95. The largest absolute Gasteiger partial charge is 0.463 e. The van der Waals surface area contributed by atoms with Gasteiger partial charge in [-0.15, -0.1) is 0 Å². The van der Waals surface area contributed by atoms with Gasteiger partial charge in [0.05, 0.1) is 24.4 Å². The normalized spacial score (nSPS) is 15.3. The number of ether oxygens (including phenoxy) is 2. The van der Waals surface area contributed by atoms with Gasteiger partial charge in [-0.2, -0.15) is 0 Å². The van der Waals surface area contributed by atoms with Crippen molar-refractivity contribution >= 4 is 11.9 Å². The molecule has 0 spiro atoms. The molecule has 1 rings (SSSR count). The number of hydrogen-bond acceptors (Lipinski definition) is 5. The summed E-state index contributed by atoms with van der Waals surface area (Å²) in [6.07, 6.45) is 1.51. The molecule has 0 aromatic rings. The smallest absolute Gasteiger partial charge is 0.336 e. The third-order valence-corrected chi connectivity index (χ3v) is 2.46. The van der Waals surface area contributed by atoms with Gasteiger partial charge in [0.25, 0.3) is 0 Å². The van der Waals surface area contributed by atoms with E-state index in [0.29, 0.717) is 35.8 Å². The number of carbonyl (C=O) groups is 2. The van der Waals surface area contributed by atoms with Gasteiger partial charge in [0.2, 0.25) is 0 Å². The van der Waals surface area contributed by atoms with Crippen LogP contribution in [0.5, 0.6) is 0 Å². The predicted molar refractivity (Wildman–Crippen MR) is 66.1 cm³/mol. The van der Waals surface area contributed by atoms with Crippen LogP contribution in [0.1, 0.15) is 27.7 Å². The highest BCUT2D eigenvalue weighted by Crippen LogP contribution is 2.23. The van der Waals surface area contributed by atoms with Gasteiger partial charge < -0.3 is 14.8 Å². The number of rotatable bonds is 4. The van der Waals surface area contributed by atoms with E-state index in [4.69, 9.17) is 9.47 Å². The second-order valence-corrected chi connectivity index (χ2v) is 3.79. The fourth-order valence-corrected chi connectivity index (χ4v) is 1.62. The maximum atomic E-state index is 11.7. The zero-order chi connectivity index (χ0) is 13.7. The highest BCUT2D eigenvalue weighted by atomic mass is 16.5. The summed E-state index contributed by atoms with van der Waals surface area (Å²) in [5, 5.41) is 2.98. The quantitative estimate of drug-likeness (QED) is 0.767. The Morgan fingerprint density at radius 2 is 1.39 bits per heavy atom. The Labute approximate surface area is 107 Å². The second kappa shape index (κ2) is 6.23. The summed E-state index contributed by atoms with van der Waals surface area (Å²) >= 11 is 0. The molecule has 0 fully saturated rings. The minimum absolute atomic E-state index is 0.293. The van der Waals surface area contributed by atoms with Crippen LogP contribution in [0.4, 0.5) is 0 Å². The first-order chi connectivity index (χ1) is 8.51. The minimum Gasteiger partial charge on any atom is -0.463 e. The topological polar surface area (TPSA) is 64.6 Å². The molecular formula is C13H18NO4. The van der Waals surface area contributed by atoms with Gasteiger partial charge in [-0.05, 0) is 27.7 Å². The highest BCUT2D eigenvalue weighted by molar-refractivity contribution is 6.00. The van der Waals surface area contributed by atoms with Crippen molar-refractivity contribution < 1.29 is 19.1 Å². The zero-order valence-electron chi connectivity index (χ0n) is 11.1. The molecule has 0 saturated carbocycles. The van der Waals surface area contributed by atoms with Gasteiger partial charge in [0.1, 0.15) is 0 Å². The first-order valence-electron chi connectivity index (χ1n) is 5.89. The molecule has 1 heterocycles. The third-order valence-electron chi connectivity index (χ3n) is 2.46. The van der Waals surface area contributed by atoms with Crippen LogP contribution in [0.3, 0.4) is 0 Å². The van der Waals surface area contributed by atoms with E-state index in [1.165, 1.54) is 6.42 Å². The Balaban J connectivity index is 2.89. The summed E-state index contributed by atoms with van der Waals surface area (Å²) in [6.45, 7) is 7.57. The lowest BCUT2D eigenvalue weighted by atomic mass is 9.98. The van der Waals surface area contributed by atoms with Crippen LogP contribution < -0.4 is 5.32 Å². The summed E-state index contributed by atoms with van der Waals surface area (Å²) < 4.78 is 9.86. The Bertz CT molecular complexity index is 383. The molecule has 0 atom stereocenters. The van der Waals surface area contributed by atoms with E-state index in [-0.39, 0.29) is 0 Å². The van der Waals surface area contributed by atoms with E-state index in [1.54, 1.807) is 27.7 Å². The van der Waals surface area contributed by atoms with E-state index in [0.717, 1.165) is 0 Å². The number of carbonyl (C=O) groups excluding carboxylic acids is 2. The molecule has 99 valence electrons. The number of nitrogens with one attached hydrogen (secondary N) is 1. The summed E-state index contributed by atoms with van der Waals surface area (Å²) in [7, 11) is 0. The maximum Gasteiger partial charge on any atom is 0.336 e. The molecule has 1 aliphatic heterocycles. The van der Waals surface area contributed by atoms with Crippen LogP contribution in [0, 0.1) is 6.42 Å². The highest BCUT2D eigenvalue weighted by Gasteiger charge is 2.26. The summed E-state index contributed by atoms with van der Waals surface area (Å²) in [5.41, 5.74) is 2.04. The van der Waals surface area contributed by atoms with E-state index in [9.17, 15) is 9.59 Å². The van der Waals surface area contributed by atoms with Crippen molar-refractivity contribution in [3.8, 4) is 0 Å². The molecule has 1 aliphatic rings. The SMILES string of the molecule is CCOC(=O)C1=C(C)NC(C)=C(C(=O)OCC)[CH]1. The number of dihydropyridines is 1. The van der Waals surface area contributed by atoms with Crippen molar-refractivity contribution in [2.45, 2.75) is 27.7 Å². The molecule has 0 amide bonds. The average Bonchev–Trinajstić information content (AvgIpc) is 2.29. The van der Waals surface area contributed by atoms with Gasteiger partial charge in [-0.3, -0.25) is 0 Å². The molecule has 0 unspecified atom stereocenters. The number of allylic oxidation sites excluding steroid dienone is 2. The molecular weight excluding hydrogens is 234 g/mol. The predicted octanol–water partition coefficient (Wildman–Crippen LogP) is 1.47. The molecule has 0 aromatic heterocycles. The van der Waals surface area contributed by atoms with Gasteiger partial charge in [-0.25, -0.2) is 9.59 Å². The van der Waals surface area contributed by atoms with Crippen LogP contribution >= 0.6 is 0 Å². The van der Waals surface area contributed by atoms with Crippen LogP contribution in [0.2, 0.25) is 0 Å². The van der Waals surface area contributed by atoms with Crippen molar-refractivity contribution in [3.05, 3.63) is 29.0 Å². The summed E-state index contributed by atoms with van der Waals surface area (Å²) in [5.74, 6) is -0.895. The van der Waals surface area contributed by atoms with E-state index >= 15 is 0 Å². The molecule has 5 nitrogen and oxygen atoms in total. The summed E-state index contributed by atoms with van der Waals surface area (Å²) in [6, 6.07) is 0. The third kappa shape index (κ3) is 3.12. The van der Waals surface area contributed by atoms with E-state index < -0.39 is 11.9 Å². The Morgan fingerprint density at radius 1 is 1.00 bits per heavy atom. The molecule has 0 aromatic carbocycles. The zero-order valence-corrected chi connectivity index (χ0v) is 11.1. The first-order valence-corrected chi connectivity index (χ1v) is 5.89. The molecule has 18 heavy (non-hydrogen) atoms. The van der Waals surface area contributed by atoms with Gasteiger partial charge in [0, 0.05) is 17.8 Å². The molecule has 0 bridgehead atoms. The maximum absolute atomic E-state index is 11.7. The van der Waals surface area contributed by atoms with Crippen LogP contribution in [-0.2, 0) is 19.1 Å². The van der Waals surface area contributed by atoms with Gasteiger partial charge in [0.15, 0.2) is 0 Å². The first kappa shape index (κ1) is 14.3. The van der Waals surface area contributed by atoms with Crippen molar-refractivity contribution in [2.75, 3.05) is 13.2 Å². The van der Waals surface area contributed by atoms with Gasteiger partial charge in [-0.1, -0.05) is 0 Å². The second-order valence-electron chi connectivity index (χ2n) is 3.79. The Hall–Kier alpha value is -1.78. The lowest BCUT2D eigenvalue weighted by Gasteiger charge is -2.21. The minimum atomic E-state index is -0.447. The Morgan fingerprint density at radius 3 is 1.72 bits per heavy atom. The van der Waals surface area contributed by atoms with Crippen LogP contribution in [0.15, 0.2) is 22.5 Å². The molecule has 1 N–H and O–H groups in total. The van der Waals surface area contributed by atoms with Crippen molar-refractivity contribution in [2.24, 2.45) is 0 Å². The van der Waals surface area contributed by atoms with Crippen molar-refractivity contribution in [3.63, 3.8) is 0 Å². The fourth-order valence-electron chi connectivity index (χ4n) is 1.62. The molecule has 0 aliphatic carbocycles. The monoisotopic (exact) mass is 252 g/mol. The molecule has 1 radical (unpaired) electrons. The average molecular weight is 252 g/mol. The number of hydrogen-bond donors (Lipinski definition) is 1. The number of esters is 2. The van der Waals surface area contributed by atoms with E-state index in [1.807, 2.05) is 0 Å². The summed E-state index contributed by atoms with van der Waals surface area (Å²) in [4.78, 5) is 23.4. The lowest BCUT2D eigenvalue weighted by Crippen LogP contribution is -2.27. The molecule has 5 heteroatoms. The van der Waals surface area contributed by atoms with Crippen molar-refractivity contribution in [1.29, 1.82) is 0 Å². The van der Waals surface area contributed by atoms with Crippen molar-refractivity contribution in [1.82, 2.24) is 5.32 Å². The van der Waals surface area contributed by atoms with Crippen LogP contribution in [-0.4, -0.2) is 25.2 Å².